The van der Waals surface area contributed by atoms with E-state index in [9.17, 15) is 9.59 Å². The second kappa shape index (κ2) is 11.5. The highest BCUT2D eigenvalue weighted by Crippen LogP contribution is 2.30. The highest BCUT2D eigenvalue weighted by Gasteiger charge is 2.28. The molecule has 0 spiro atoms. The molecule has 0 fully saturated rings. The zero-order chi connectivity index (χ0) is 25.7. The van der Waals surface area contributed by atoms with Crippen LogP contribution in [0.15, 0.2) is 72.4 Å². The van der Waals surface area contributed by atoms with Crippen LogP contribution in [0.4, 0.5) is 5.13 Å². The molecule has 4 aromatic rings. The summed E-state index contributed by atoms with van der Waals surface area (Å²) in [6.45, 7) is 10.2. The maximum absolute atomic E-state index is 12.9. The van der Waals surface area contributed by atoms with Crippen molar-refractivity contribution in [3.8, 4) is 0 Å². The molecule has 0 saturated carbocycles. The zero-order valence-corrected chi connectivity index (χ0v) is 22.0. The van der Waals surface area contributed by atoms with Gasteiger partial charge in [-0.3, -0.25) is 9.59 Å². The average Bonchev–Trinajstić information content (AvgIpc) is 3.46. The molecule has 2 unspecified atom stereocenters. The van der Waals surface area contributed by atoms with Crippen molar-refractivity contribution >= 4 is 50.3 Å². The Kier molecular flexibility index (Phi) is 8.17. The van der Waals surface area contributed by atoms with Gasteiger partial charge in [-0.25, -0.2) is 4.98 Å². The van der Waals surface area contributed by atoms with Crippen LogP contribution in [0.2, 0.25) is 0 Å². The Morgan fingerprint density at radius 2 is 1.81 bits per heavy atom. The number of allylic oxidation sites excluding steroid dienone is 1. The summed E-state index contributed by atoms with van der Waals surface area (Å²) in [5, 5.41) is 15.5. The molecule has 0 aliphatic rings. The Morgan fingerprint density at radius 3 is 2.50 bits per heavy atom. The van der Waals surface area contributed by atoms with Gasteiger partial charge in [0.1, 0.15) is 0 Å². The number of aromatic nitrogens is 4. The Balaban J connectivity index is 1.51. The number of hydrogen-bond acceptors (Lipinski definition) is 7. The minimum absolute atomic E-state index is 0.0584. The van der Waals surface area contributed by atoms with Crippen molar-refractivity contribution in [2.24, 2.45) is 5.92 Å². The zero-order valence-electron chi connectivity index (χ0n) is 20.3. The van der Waals surface area contributed by atoms with Crippen molar-refractivity contribution in [2.45, 2.75) is 43.8 Å². The number of thiazole rings is 1. The van der Waals surface area contributed by atoms with Gasteiger partial charge in [0.2, 0.25) is 5.91 Å². The van der Waals surface area contributed by atoms with E-state index < -0.39 is 5.25 Å². The maximum atomic E-state index is 12.9. The van der Waals surface area contributed by atoms with Crippen molar-refractivity contribution < 1.29 is 9.59 Å². The third kappa shape index (κ3) is 5.83. The number of benzene rings is 2. The molecule has 2 aromatic carbocycles. The van der Waals surface area contributed by atoms with E-state index in [4.69, 9.17) is 0 Å². The fourth-order valence-electron chi connectivity index (χ4n) is 3.61. The molecule has 2 atom stereocenters. The highest BCUT2D eigenvalue weighted by molar-refractivity contribution is 8.00. The first-order valence-electron chi connectivity index (χ1n) is 11.6. The second-order valence-electron chi connectivity index (χ2n) is 8.54. The lowest BCUT2D eigenvalue weighted by molar-refractivity contribution is -0.115. The number of amides is 2. The van der Waals surface area contributed by atoms with E-state index in [0.29, 0.717) is 28.2 Å². The molecule has 2 heterocycles. The van der Waals surface area contributed by atoms with E-state index in [2.05, 4.69) is 32.4 Å². The van der Waals surface area contributed by atoms with Gasteiger partial charge >= 0.3 is 0 Å². The van der Waals surface area contributed by atoms with Crippen LogP contribution in [0.1, 0.15) is 43.0 Å². The normalized spacial score (nSPS) is 12.9. The van der Waals surface area contributed by atoms with Crippen LogP contribution < -0.4 is 10.6 Å². The number of hydrogen-bond donors (Lipinski definition) is 2. The smallest absolute Gasteiger partial charge is 0.251 e. The van der Waals surface area contributed by atoms with Crippen LogP contribution in [-0.2, 0) is 11.3 Å². The number of carbonyl (C=O) groups is 2. The Bertz CT molecular complexity index is 1330. The van der Waals surface area contributed by atoms with E-state index in [1.54, 1.807) is 18.2 Å². The predicted octanol–water partition coefficient (Wildman–Crippen LogP) is 5.32. The third-order valence-corrected chi connectivity index (χ3v) is 7.53. The third-order valence-electron chi connectivity index (χ3n) is 5.50. The first kappa shape index (κ1) is 25.6. The molecular formula is C26H28N6O2S2. The summed E-state index contributed by atoms with van der Waals surface area (Å²) in [6.07, 6.45) is 1.75. The summed E-state index contributed by atoms with van der Waals surface area (Å²) in [7, 11) is 0. The van der Waals surface area contributed by atoms with Crippen LogP contribution in [0.3, 0.4) is 0 Å². The lowest BCUT2D eigenvalue weighted by Gasteiger charge is -2.23. The van der Waals surface area contributed by atoms with E-state index in [-0.39, 0.29) is 23.8 Å². The van der Waals surface area contributed by atoms with Crippen LogP contribution in [0, 0.1) is 5.92 Å². The van der Waals surface area contributed by atoms with Gasteiger partial charge in [-0.15, -0.1) is 16.8 Å². The van der Waals surface area contributed by atoms with Crippen LogP contribution in [0.5, 0.6) is 0 Å². The monoisotopic (exact) mass is 520 g/mol. The van der Waals surface area contributed by atoms with Gasteiger partial charge in [0.15, 0.2) is 16.1 Å². The van der Waals surface area contributed by atoms with Gasteiger partial charge in [-0.2, -0.15) is 0 Å². The van der Waals surface area contributed by atoms with Crippen LogP contribution >= 0.6 is 23.1 Å². The standard InChI is InChI=1S/C26H28N6O2S2/c1-5-15-32-22(21(16(2)3)28-24(34)18-11-7-6-8-12-18)30-31-26(32)35-17(4)23(33)29-25-27-19-13-9-10-14-20(19)36-25/h5-14,16-17,21H,1,15H2,2-4H3,(H,28,34)(H,27,29,33). The molecule has 4 rings (SSSR count). The molecule has 2 aromatic heterocycles. The van der Waals surface area contributed by atoms with Crippen molar-refractivity contribution in [1.29, 1.82) is 0 Å². The van der Waals surface area contributed by atoms with Crippen LogP contribution in [-0.4, -0.2) is 36.8 Å². The number of anilines is 1. The van der Waals surface area contributed by atoms with Crippen LogP contribution in [0.25, 0.3) is 10.2 Å². The van der Waals surface area contributed by atoms with Gasteiger partial charge in [0.05, 0.1) is 21.5 Å². The number of nitrogens with zero attached hydrogens (tertiary/aromatic N) is 4. The largest absolute Gasteiger partial charge is 0.342 e. The molecule has 0 radical (unpaired) electrons. The fraction of sp³-hybridized carbons (Fsp3) is 0.269. The molecule has 10 heteroatoms. The van der Waals surface area contributed by atoms with E-state index >= 15 is 0 Å². The topological polar surface area (TPSA) is 102 Å². The summed E-state index contributed by atoms with van der Waals surface area (Å²) >= 11 is 2.74. The Labute approximate surface area is 218 Å². The summed E-state index contributed by atoms with van der Waals surface area (Å²) in [4.78, 5) is 30.3. The van der Waals surface area contributed by atoms with E-state index in [0.717, 1.165) is 10.2 Å². The molecule has 186 valence electrons. The minimum atomic E-state index is -0.450. The summed E-state index contributed by atoms with van der Waals surface area (Å²) < 4.78 is 2.91. The Hall–Kier alpha value is -3.50. The minimum Gasteiger partial charge on any atom is -0.342 e. The van der Waals surface area contributed by atoms with Crippen molar-refractivity contribution in [1.82, 2.24) is 25.1 Å². The lowest BCUT2D eigenvalue weighted by atomic mass is 10.0. The van der Waals surface area contributed by atoms with Gasteiger partial charge in [0, 0.05) is 12.1 Å². The average molecular weight is 521 g/mol. The molecule has 0 aliphatic carbocycles. The lowest BCUT2D eigenvalue weighted by Crippen LogP contribution is -2.34. The van der Waals surface area contributed by atoms with E-state index in [1.807, 2.05) is 67.8 Å². The quantitative estimate of drug-likeness (QED) is 0.217. The summed E-state index contributed by atoms with van der Waals surface area (Å²) in [5.74, 6) is 0.324. The summed E-state index contributed by atoms with van der Waals surface area (Å²) in [6, 6.07) is 16.5. The number of fused-ring (bicyclic) bond motifs is 1. The second-order valence-corrected chi connectivity index (χ2v) is 10.9. The molecule has 2 amide bonds. The maximum Gasteiger partial charge on any atom is 0.251 e. The highest BCUT2D eigenvalue weighted by atomic mass is 32.2. The first-order chi connectivity index (χ1) is 17.4. The number of para-hydroxylation sites is 1. The fourth-order valence-corrected chi connectivity index (χ4v) is 5.34. The molecule has 0 bridgehead atoms. The molecule has 8 nitrogen and oxygen atoms in total. The predicted molar refractivity (Wildman–Crippen MR) is 145 cm³/mol. The molecule has 0 aliphatic heterocycles. The SMILES string of the molecule is C=CCn1c(SC(C)C(=O)Nc2nc3ccccc3s2)nnc1C(NC(=O)c1ccccc1)C(C)C. The van der Waals surface area contributed by atoms with Crippen molar-refractivity contribution in [2.75, 3.05) is 5.32 Å². The number of thioether (sulfide) groups is 1. The summed E-state index contributed by atoms with van der Waals surface area (Å²) in [5.41, 5.74) is 1.43. The van der Waals surface area contributed by atoms with Gasteiger partial charge < -0.3 is 15.2 Å². The molecule has 36 heavy (non-hydrogen) atoms. The van der Waals surface area contributed by atoms with Gasteiger partial charge in [-0.05, 0) is 37.1 Å². The number of carbonyl (C=O) groups excluding carboxylic acids is 2. The van der Waals surface area contributed by atoms with Gasteiger partial charge in [0.25, 0.3) is 5.91 Å². The van der Waals surface area contributed by atoms with Crippen molar-refractivity contribution in [3.05, 3.63) is 78.6 Å². The van der Waals surface area contributed by atoms with Crippen molar-refractivity contribution in [3.63, 3.8) is 0 Å². The number of rotatable bonds is 10. The Morgan fingerprint density at radius 1 is 1.08 bits per heavy atom. The van der Waals surface area contributed by atoms with Gasteiger partial charge in [-0.1, -0.05) is 73.4 Å². The van der Waals surface area contributed by atoms with E-state index in [1.165, 1.54) is 23.1 Å². The molecular weight excluding hydrogens is 492 g/mol. The first-order valence-corrected chi connectivity index (χ1v) is 13.3. The molecule has 0 saturated heterocycles. The molecule has 2 N–H and O–H groups in total. The number of nitrogens with one attached hydrogen (secondary N) is 2.